The molecule has 4 nitrogen and oxygen atoms in total. The van der Waals surface area contributed by atoms with E-state index in [2.05, 4.69) is 0 Å². The Morgan fingerprint density at radius 2 is 2.07 bits per heavy atom. The summed E-state index contributed by atoms with van der Waals surface area (Å²) in [5.41, 5.74) is 0.621. The van der Waals surface area contributed by atoms with Crippen molar-refractivity contribution < 1.29 is 19.7 Å². The minimum atomic E-state index is -0.213. The molecule has 1 aliphatic heterocycles. The molecule has 0 unspecified atom stereocenters. The molecule has 2 N–H and O–H groups in total. The third-order valence-electron chi connectivity index (χ3n) is 2.16. The van der Waals surface area contributed by atoms with E-state index >= 15 is 0 Å². The van der Waals surface area contributed by atoms with E-state index in [0.717, 1.165) is 0 Å². The van der Waals surface area contributed by atoms with Crippen molar-refractivity contribution in [2.45, 2.75) is 6.42 Å². The second-order valence-electron chi connectivity index (χ2n) is 3.28. The van der Waals surface area contributed by atoms with Crippen molar-refractivity contribution in [2.75, 3.05) is 6.61 Å². The van der Waals surface area contributed by atoms with Gasteiger partial charge in [0, 0.05) is 6.42 Å². The summed E-state index contributed by atoms with van der Waals surface area (Å²) in [6.45, 7) is 0.411. The number of hydrogen-bond donors (Lipinski definition) is 2. The van der Waals surface area contributed by atoms with Crippen LogP contribution in [0.5, 0.6) is 11.5 Å². The summed E-state index contributed by atoms with van der Waals surface area (Å²) in [7, 11) is 0. The molecule has 0 bridgehead atoms. The lowest BCUT2D eigenvalue weighted by Crippen LogP contribution is -1.91. The molecular formula is C11H10O4. The predicted molar refractivity (Wildman–Crippen MR) is 53.3 cm³/mol. The average Bonchev–Trinajstić information content (AvgIpc) is 2.59. The molecule has 1 aromatic carbocycles. The van der Waals surface area contributed by atoms with E-state index in [0.29, 0.717) is 24.4 Å². The van der Waals surface area contributed by atoms with Gasteiger partial charge in [0.05, 0.1) is 6.61 Å². The van der Waals surface area contributed by atoms with Crippen LogP contribution in [0.1, 0.15) is 12.0 Å². The van der Waals surface area contributed by atoms with E-state index in [1.807, 2.05) is 0 Å². The smallest absolute Gasteiger partial charge is 0.200 e. The number of phenolic OH excluding ortho intramolecular Hbond substituents is 2. The van der Waals surface area contributed by atoms with E-state index in [1.54, 1.807) is 12.1 Å². The number of allylic oxidation sites excluding steroid dienone is 1. The Labute approximate surface area is 86.4 Å². The first-order valence-corrected chi connectivity index (χ1v) is 4.56. The molecular weight excluding hydrogens is 196 g/mol. The summed E-state index contributed by atoms with van der Waals surface area (Å²) >= 11 is 0. The number of phenols is 2. The lowest BCUT2D eigenvalue weighted by atomic mass is 10.1. The molecule has 0 aromatic heterocycles. The maximum atomic E-state index is 11.2. The van der Waals surface area contributed by atoms with E-state index in [-0.39, 0.29) is 17.3 Å². The van der Waals surface area contributed by atoms with Crippen LogP contribution in [0.3, 0.4) is 0 Å². The predicted octanol–water partition coefficient (Wildman–Crippen LogP) is 1.43. The summed E-state index contributed by atoms with van der Waals surface area (Å²) in [4.78, 5) is 11.2. The minimum Gasteiger partial charge on any atom is -0.504 e. The Morgan fingerprint density at radius 1 is 1.27 bits per heavy atom. The van der Waals surface area contributed by atoms with Gasteiger partial charge in [0.1, 0.15) is 0 Å². The number of ketones is 1. The van der Waals surface area contributed by atoms with Crippen LogP contribution in [0.15, 0.2) is 24.0 Å². The Morgan fingerprint density at radius 3 is 2.67 bits per heavy atom. The first-order chi connectivity index (χ1) is 7.16. The highest BCUT2D eigenvalue weighted by Gasteiger charge is 2.18. The first-order valence-electron chi connectivity index (χ1n) is 4.56. The normalized spacial score (nSPS) is 18.1. The molecule has 0 amide bonds. The number of ether oxygens (including phenoxy) is 1. The fourth-order valence-electron chi connectivity index (χ4n) is 1.36. The highest BCUT2D eigenvalue weighted by molar-refractivity contribution is 5.99. The van der Waals surface area contributed by atoms with Crippen LogP contribution in [0.2, 0.25) is 0 Å². The van der Waals surface area contributed by atoms with Crippen molar-refractivity contribution in [2.24, 2.45) is 0 Å². The molecule has 0 aliphatic carbocycles. The molecule has 1 fully saturated rings. The molecule has 1 aliphatic rings. The van der Waals surface area contributed by atoms with Crippen molar-refractivity contribution in [1.82, 2.24) is 0 Å². The molecule has 0 atom stereocenters. The standard InChI is InChI=1S/C11H10O4/c12-8-2-1-7(5-10(8)14)6-11-9(13)3-4-15-11/h1-2,5-6,12,14H,3-4H2/b11-6-. The van der Waals surface area contributed by atoms with E-state index < -0.39 is 0 Å². The van der Waals surface area contributed by atoms with Crippen LogP contribution in [-0.4, -0.2) is 22.6 Å². The topological polar surface area (TPSA) is 66.8 Å². The third kappa shape index (κ3) is 1.93. The number of carbonyl (C=O) groups excluding carboxylic acids is 1. The number of aromatic hydroxyl groups is 2. The molecule has 1 aromatic rings. The highest BCUT2D eigenvalue weighted by atomic mass is 16.5. The molecule has 15 heavy (non-hydrogen) atoms. The molecule has 78 valence electrons. The Balaban J connectivity index is 2.31. The van der Waals surface area contributed by atoms with Gasteiger partial charge >= 0.3 is 0 Å². The third-order valence-corrected chi connectivity index (χ3v) is 2.16. The summed E-state index contributed by atoms with van der Waals surface area (Å²) < 4.78 is 5.11. The summed E-state index contributed by atoms with van der Waals surface area (Å²) in [6, 6.07) is 4.33. The molecule has 1 heterocycles. The van der Waals surface area contributed by atoms with Crippen molar-refractivity contribution in [3.8, 4) is 11.5 Å². The van der Waals surface area contributed by atoms with Gasteiger partial charge in [-0.05, 0) is 23.8 Å². The lowest BCUT2D eigenvalue weighted by molar-refractivity contribution is -0.114. The van der Waals surface area contributed by atoms with Gasteiger partial charge < -0.3 is 14.9 Å². The van der Waals surface area contributed by atoms with Gasteiger partial charge in [-0.1, -0.05) is 6.07 Å². The highest BCUT2D eigenvalue weighted by Crippen LogP contribution is 2.26. The first kappa shape index (κ1) is 9.58. The molecule has 0 spiro atoms. The van der Waals surface area contributed by atoms with Crippen LogP contribution in [0, 0.1) is 0 Å². The number of rotatable bonds is 1. The zero-order chi connectivity index (χ0) is 10.8. The van der Waals surface area contributed by atoms with Gasteiger partial charge in [0.2, 0.25) is 5.78 Å². The lowest BCUT2D eigenvalue weighted by Gasteiger charge is -2.00. The zero-order valence-electron chi connectivity index (χ0n) is 7.93. The van der Waals surface area contributed by atoms with Crippen LogP contribution >= 0.6 is 0 Å². The van der Waals surface area contributed by atoms with Crippen molar-refractivity contribution in [3.63, 3.8) is 0 Å². The molecule has 0 saturated carbocycles. The zero-order valence-corrected chi connectivity index (χ0v) is 7.93. The fraction of sp³-hybridized carbons (Fsp3) is 0.182. The van der Waals surface area contributed by atoms with Crippen molar-refractivity contribution in [3.05, 3.63) is 29.5 Å². The largest absolute Gasteiger partial charge is 0.504 e. The Kier molecular flexibility index (Phi) is 2.33. The summed E-state index contributed by atoms with van der Waals surface area (Å²) in [5, 5.41) is 18.3. The maximum Gasteiger partial charge on any atom is 0.200 e. The average molecular weight is 206 g/mol. The second-order valence-corrected chi connectivity index (χ2v) is 3.28. The summed E-state index contributed by atoms with van der Waals surface area (Å²) in [6.07, 6.45) is 1.95. The Hall–Kier alpha value is -1.97. The van der Waals surface area contributed by atoms with Crippen molar-refractivity contribution in [1.29, 1.82) is 0 Å². The van der Waals surface area contributed by atoms with Gasteiger partial charge in [-0.15, -0.1) is 0 Å². The second kappa shape index (κ2) is 3.65. The van der Waals surface area contributed by atoms with Crippen LogP contribution in [0.25, 0.3) is 6.08 Å². The van der Waals surface area contributed by atoms with E-state index in [4.69, 9.17) is 9.84 Å². The number of hydrogen-bond acceptors (Lipinski definition) is 4. The number of carbonyl (C=O) groups is 1. The molecule has 2 rings (SSSR count). The monoisotopic (exact) mass is 206 g/mol. The minimum absolute atomic E-state index is 0.0393. The van der Waals surface area contributed by atoms with E-state index in [9.17, 15) is 9.90 Å². The van der Waals surface area contributed by atoms with Crippen LogP contribution in [0.4, 0.5) is 0 Å². The van der Waals surface area contributed by atoms with E-state index in [1.165, 1.54) is 12.1 Å². The van der Waals surface area contributed by atoms with Crippen molar-refractivity contribution >= 4 is 11.9 Å². The maximum absolute atomic E-state index is 11.2. The number of Topliss-reactive ketones (excluding diaryl/α,β-unsaturated/α-hetero) is 1. The van der Waals surface area contributed by atoms with Crippen LogP contribution < -0.4 is 0 Å². The van der Waals surface area contributed by atoms with Gasteiger partial charge in [0.25, 0.3) is 0 Å². The molecule has 1 saturated heterocycles. The van der Waals surface area contributed by atoms with Gasteiger partial charge in [-0.2, -0.15) is 0 Å². The SMILES string of the molecule is O=C1CCO/C1=C\c1ccc(O)c(O)c1. The van der Waals surface area contributed by atoms with Gasteiger partial charge in [-0.3, -0.25) is 4.79 Å². The quantitative estimate of drug-likeness (QED) is 0.538. The fourth-order valence-corrected chi connectivity index (χ4v) is 1.36. The van der Waals surface area contributed by atoms with Crippen LogP contribution in [-0.2, 0) is 9.53 Å². The Bertz CT molecular complexity index is 434. The summed E-state index contributed by atoms with van der Waals surface area (Å²) in [5.74, 6) is -0.131. The van der Waals surface area contributed by atoms with Gasteiger partial charge in [-0.25, -0.2) is 0 Å². The van der Waals surface area contributed by atoms with Gasteiger partial charge in [0.15, 0.2) is 17.3 Å². The molecule has 0 radical (unpaired) electrons. The number of benzene rings is 1. The molecule has 4 heteroatoms.